The highest BCUT2D eigenvalue weighted by molar-refractivity contribution is 7.10. The number of para-hydroxylation sites is 1. The van der Waals surface area contributed by atoms with E-state index in [1.54, 1.807) is 17.4 Å². The molecular weight excluding hydrogens is 218 g/mol. The van der Waals surface area contributed by atoms with Crippen LogP contribution in [0.2, 0.25) is 0 Å². The number of nitrogens with one attached hydrogen (secondary N) is 1. The zero-order chi connectivity index (χ0) is 11.2. The fourth-order valence-electron chi connectivity index (χ4n) is 1.25. The summed E-state index contributed by atoms with van der Waals surface area (Å²) in [5, 5.41) is 4.76. The molecular formula is C13H11NOS. The minimum absolute atomic E-state index is 0.111. The molecule has 1 aromatic carbocycles. The van der Waals surface area contributed by atoms with Crippen LogP contribution >= 0.6 is 11.3 Å². The van der Waals surface area contributed by atoms with E-state index >= 15 is 0 Å². The predicted octanol–water partition coefficient (Wildman–Crippen LogP) is 3.40. The van der Waals surface area contributed by atoms with Crippen molar-refractivity contribution in [2.45, 2.75) is 0 Å². The van der Waals surface area contributed by atoms with Crippen LogP contribution in [-0.4, -0.2) is 5.91 Å². The average molecular weight is 229 g/mol. The number of thiophene rings is 1. The summed E-state index contributed by atoms with van der Waals surface area (Å²) in [5.74, 6) is -0.111. The second kappa shape index (κ2) is 5.28. The third-order valence-corrected chi connectivity index (χ3v) is 2.82. The van der Waals surface area contributed by atoms with Crippen LogP contribution in [0.4, 0.5) is 5.69 Å². The van der Waals surface area contributed by atoms with E-state index in [1.165, 1.54) is 0 Å². The van der Waals surface area contributed by atoms with Crippen molar-refractivity contribution in [2.75, 3.05) is 5.32 Å². The third kappa shape index (κ3) is 3.07. The lowest BCUT2D eigenvalue weighted by Crippen LogP contribution is -2.07. The van der Waals surface area contributed by atoms with Crippen LogP contribution in [0.1, 0.15) is 4.88 Å². The number of carbonyl (C=O) groups is 1. The van der Waals surface area contributed by atoms with E-state index in [0.29, 0.717) is 0 Å². The summed E-state index contributed by atoms with van der Waals surface area (Å²) in [6, 6.07) is 13.3. The van der Waals surface area contributed by atoms with Gasteiger partial charge in [0.25, 0.3) is 0 Å². The van der Waals surface area contributed by atoms with Gasteiger partial charge in [-0.2, -0.15) is 0 Å². The van der Waals surface area contributed by atoms with Crippen molar-refractivity contribution < 1.29 is 4.79 Å². The number of carbonyl (C=O) groups excluding carboxylic acids is 1. The number of hydrogen-bond donors (Lipinski definition) is 1. The van der Waals surface area contributed by atoms with Crippen LogP contribution in [-0.2, 0) is 4.79 Å². The van der Waals surface area contributed by atoms with E-state index in [0.717, 1.165) is 10.6 Å². The highest BCUT2D eigenvalue weighted by Crippen LogP contribution is 2.10. The van der Waals surface area contributed by atoms with Gasteiger partial charge in [0.05, 0.1) is 0 Å². The van der Waals surface area contributed by atoms with E-state index in [4.69, 9.17) is 0 Å². The molecule has 0 spiro atoms. The summed E-state index contributed by atoms with van der Waals surface area (Å²) in [6.07, 6.45) is 3.35. The van der Waals surface area contributed by atoms with Gasteiger partial charge in [0, 0.05) is 16.6 Å². The van der Waals surface area contributed by atoms with Crippen molar-refractivity contribution in [2.24, 2.45) is 0 Å². The molecule has 0 atom stereocenters. The molecule has 2 nitrogen and oxygen atoms in total. The number of hydrogen-bond acceptors (Lipinski definition) is 2. The minimum atomic E-state index is -0.111. The lowest BCUT2D eigenvalue weighted by atomic mass is 10.3. The van der Waals surface area contributed by atoms with E-state index in [2.05, 4.69) is 5.32 Å². The molecule has 0 fully saturated rings. The van der Waals surface area contributed by atoms with Gasteiger partial charge >= 0.3 is 0 Å². The number of rotatable bonds is 3. The van der Waals surface area contributed by atoms with E-state index in [-0.39, 0.29) is 5.91 Å². The Morgan fingerprint density at radius 1 is 1.12 bits per heavy atom. The van der Waals surface area contributed by atoms with Crippen LogP contribution in [0.3, 0.4) is 0 Å². The Morgan fingerprint density at radius 2 is 1.94 bits per heavy atom. The molecule has 80 valence electrons. The normalized spacial score (nSPS) is 10.5. The fraction of sp³-hybridized carbons (Fsp3) is 0. The Labute approximate surface area is 98.2 Å². The highest BCUT2D eigenvalue weighted by Gasteiger charge is 1.96. The first-order valence-electron chi connectivity index (χ1n) is 4.92. The van der Waals surface area contributed by atoms with Crippen molar-refractivity contribution in [3.8, 4) is 0 Å². The van der Waals surface area contributed by atoms with Gasteiger partial charge in [-0.3, -0.25) is 4.79 Å². The Morgan fingerprint density at radius 3 is 2.62 bits per heavy atom. The third-order valence-electron chi connectivity index (χ3n) is 1.98. The van der Waals surface area contributed by atoms with Crippen LogP contribution in [0.25, 0.3) is 6.08 Å². The number of benzene rings is 1. The summed E-state index contributed by atoms with van der Waals surface area (Å²) < 4.78 is 0. The number of anilines is 1. The molecule has 16 heavy (non-hydrogen) atoms. The van der Waals surface area contributed by atoms with Gasteiger partial charge in [-0.25, -0.2) is 0 Å². The SMILES string of the molecule is O=C(/C=C\c1cccs1)Nc1ccccc1. The van der Waals surface area contributed by atoms with Crippen LogP contribution in [0.5, 0.6) is 0 Å². The van der Waals surface area contributed by atoms with Crippen molar-refractivity contribution in [1.82, 2.24) is 0 Å². The smallest absolute Gasteiger partial charge is 0.248 e. The first-order chi connectivity index (χ1) is 7.84. The summed E-state index contributed by atoms with van der Waals surface area (Å²) in [5.41, 5.74) is 0.809. The first kappa shape index (κ1) is 10.6. The van der Waals surface area contributed by atoms with Crippen molar-refractivity contribution >= 4 is 29.0 Å². The lowest BCUT2D eigenvalue weighted by Gasteiger charge is -1.99. The highest BCUT2D eigenvalue weighted by atomic mass is 32.1. The monoisotopic (exact) mass is 229 g/mol. The molecule has 0 aliphatic carbocycles. The first-order valence-corrected chi connectivity index (χ1v) is 5.80. The summed E-state index contributed by atoms with van der Waals surface area (Å²) in [7, 11) is 0. The molecule has 1 heterocycles. The lowest BCUT2D eigenvalue weighted by molar-refractivity contribution is -0.111. The molecule has 1 N–H and O–H groups in total. The van der Waals surface area contributed by atoms with Gasteiger partial charge < -0.3 is 5.32 Å². The van der Waals surface area contributed by atoms with Gasteiger partial charge in [0.2, 0.25) is 5.91 Å². The van der Waals surface area contributed by atoms with Gasteiger partial charge in [0.15, 0.2) is 0 Å². The predicted molar refractivity (Wildman–Crippen MR) is 68.4 cm³/mol. The Hall–Kier alpha value is -1.87. The maximum Gasteiger partial charge on any atom is 0.248 e. The zero-order valence-electron chi connectivity index (χ0n) is 8.59. The van der Waals surface area contributed by atoms with Gasteiger partial charge in [-0.1, -0.05) is 24.3 Å². The molecule has 0 aliphatic rings. The second-order valence-electron chi connectivity index (χ2n) is 3.20. The molecule has 3 heteroatoms. The molecule has 1 amide bonds. The zero-order valence-corrected chi connectivity index (χ0v) is 9.41. The summed E-state index contributed by atoms with van der Waals surface area (Å²) in [6.45, 7) is 0. The van der Waals surface area contributed by atoms with Gasteiger partial charge in [-0.15, -0.1) is 11.3 Å². The van der Waals surface area contributed by atoms with Crippen LogP contribution in [0, 0.1) is 0 Å². The topological polar surface area (TPSA) is 29.1 Å². The van der Waals surface area contributed by atoms with Crippen molar-refractivity contribution in [3.63, 3.8) is 0 Å². The second-order valence-corrected chi connectivity index (χ2v) is 4.18. The minimum Gasteiger partial charge on any atom is -0.323 e. The Bertz CT molecular complexity index is 474. The quantitative estimate of drug-likeness (QED) is 0.803. The molecule has 1 aromatic heterocycles. The molecule has 0 aliphatic heterocycles. The maximum absolute atomic E-state index is 11.5. The molecule has 0 radical (unpaired) electrons. The van der Waals surface area contributed by atoms with E-state index < -0.39 is 0 Å². The van der Waals surface area contributed by atoms with Crippen molar-refractivity contribution in [1.29, 1.82) is 0 Å². The maximum atomic E-state index is 11.5. The standard InChI is InChI=1S/C13H11NOS/c15-13(9-8-12-7-4-10-16-12)14-11-5-2-1-3-6-11/h1-10H,(H,14,15)/b9-8-. The van der Waals surface area contributed by atoms with Crippen molar-refractivity contribution in [3.05, 3.63) is 58.8 Å². The largest absolute Gasteiger partial charge is 0.323 e. The average Bonchev–Trinajstić information content (AvgIpc) is 2.81. The Kier molecular flexibility index (Phi) is 3.51. The molecule has 2 rings (SSSR count). The summed E-state index contributed by atoms with van der Waals surface area (Å²) >= 11 is 1.60. The molecule has 0 bridgehead atoms. The van der Waals surface area contributed by atoms with Crippen LogP contribution in [0.15, 0.2) is 53.9 Å². The molecule has 0 saturated carbocycles. The molecule has 2 aromatic rings. The molecule has 0 unspecified atom stereocenters. The fourth-order valence-corrected chi connectivity index (χ4v) is 1.87. The van der Waals surface area contributed by atoms with Gasteiger partial charge in [-0.05, 0) is 29.7 Å². The van der Waals surface area contributed by atoms with Gasteiger partial charge in [0.1, 0.15) is 0 Å². The number of amides is 1. The van der Waals surface area contributed by atoms with Crippen LogP contribution < -0.4 is 5.32 Å². The van der Waals surface area contributed by atoms with E-state index in [1.807, 2.05) is 53.9 Å². The molecule has 0 saturated heterocycles. The Balaban J connectivity index is 1.95. The van der Waals surface area contributed by atoms with E-state index in [9.17, 15) is 4.79 Å². The summed E-state index contributed by atoms with van der Waals surface area (Å²) in [4.78, 5) is 12.6.